The van der Waals surface area contributed by atoms with E-state index in [1.54, 1.807) is 10.9 Å². The predicted molar refractivity (Wildman–Crippen MR) is 57.1 cm³/mol. The molecule has 0 spiro atoms. The maximum Gasteiger partial charge on any atom is 0.168 e. The molecule has 0 unspecified atom stereocenters. The van der Waals surface area contributed by atoms with Crippen LogP contribution in [0.5, 0.6) is 0 Å². The molecule has 2 heterocycles. The van der Waals surface area contributed by atoms with Gasteiger partial charge in [-0.05, 0) is 0 Å². The second-order valence-corrected chi connectivity index (χ2v) is 3.28. The molecule has 17 heavy (non-hydrogen) atoms. The van der Waals surface area contributed by atoms with E-state index in [9.17, 15) is 8.78 Å². The third kappa shape index (κ3) is 2.65. The molecule has 6 nitrogen and oxygen atoms in total. The maximum atomic E-state index is 13.2. The number of hydrogen-bond donors (Lipinski definition) is 2. The molecule has 0 aliphatic heterocycles. The maximum absolute atomic E-state index is 13.2. The number of nitrogen functional groups attached to an aromatic ring is 1. The van der Waals surface area contributed by atoms with Gasteiger partial charge in [0.25, 0.3) is 0 Å². The van der Waals surface area contributed by atoms with Crippen LogP contribution in [0.4, 0.5) is 20.4 Å². The van der Waals surface area contributed by atoms with Gasteiger partial charge in [-0.2, -0.15) is 0 Å². The Labute approximate surface area is 95.5 Å². The van der Waals surface area contributed by atoms with Crippen molar-refractivity contribution < 1.29 is 8.78 Å². The quantitative estimate of drug-likeness (QED) is 0.819. The molecule has 0 atom stereocenters. The fraction of sp³-hybridized carbons (Fsp3) is 0.222. The molecule has 2 aromatic rings. The highest BCUT2D eigenvalue weighted by Crippen LogP contribution is 2.16. The highest BCUT2D eigenvalue weighted by Gasteiger charge is 2.08. The molecule has 8 heteroatoms. The van der Waals surface area contributed by atoms with Crippen molar-refractivity contribution in [3.05, 3.63) is 30.1 Å². The molecular formula is C9H10F2N6. The number of hydrogen-bond acceptors (Lipinski definition) is 5. The summed E-state index contributed by atoms with van der Waals surface area (Å²) in [5.41, 5.74) is 5.24. The number of halogens is 2. The Kier molecular flexibility index (Phi) is 3.12. The molecule has 90 valence electrons. The lowest BCUT2D eigenvalue weighted by Crippen LogP contribution is -2.13. The highest BCUT2D eigenvalue weighted by molar-refractivity contribution is 5.44. The average molecular weight is 240 g/mol. The van der Waals surface area contributed by atoms with Crippen LogP contribution in [0.2, 0.25) is 0 Å². The van der Waals surface area contributed by atoms with E-state index in [0.717, 1.165) is 0 Å². The molecule has 0 bridgehead atoms. The smallest absolute Gasteiger partial charge is 0.168 e. The molecule has 0 aromatic carbocycles. The van der Waals surface area contributed by atoms with Crippen LogP contribution < -0.4 is 11.1 Å². The van der Waals surface area contributed by atoms with Crippen molar-refractivity contribution in [1.82, 2.24) is 20.0 Å². The molecule has 2 rings (SSSR count). The first kappa shape index (κ1) is 11.2. The van der Waals surface area contributed by atoms with Gasteiger partial charge >= 0.3 is 0 Å². The summed E-state index contributed by atoms with van der Waals surface area (Å²) in [7, 11) is 0. The third-order valence-corrected chi connectivity index (χ3v) is 2.06. The van der Waals surface area contributed by atoms with E-state index >= 15 is 0 Å². The van der Waals surface area contributed by atoms with Crippen molar-refractivity contribution in [3.63, 3.8) is 0 Å². The van der Waals surface area contributed by atoms with Gasteiger partial charge in [-0.1, -0.05) is 5.21 Å². The van der Waals surface area contributed by atoms with Gasteiger partial charge in [0, 0.05) is 18.8 Å². The second-order valence-electron chi connectivity index (χ2n) is 3.28. The van der Waals surface area contributed by atoms with Gasteiger partial charge in [0.1, 0.15) is 0 Å². The van der Waals surface area contributed by atoms with Crippen molar-refractivity contribution in [1.29, 1.82) is 0 Å². The number of nitrogens with zero attached hydrogens (tertiary/aromatic N) is 4. The SMILES string of the molecule is Nc1nc(NCCn2ccnn2)c(F)cc1F. The van der Waals surface area contributed by atoms with Crippen LogP contribution in [0.1, 0.15) is 0 Å². The van der Waals surface area contributed by atoms with E-state index in [1.807, 2.05) is 0 Å². The summed E-state index contributed by atoms with van der Waals surface area (Å²) in [4.78, 5) is 3.56. The summed E-state index contributed by atoms with van der Waals surface area (Å²) in [5.74, 6) is -2.07. The molecule has 2 aromatic heterocycles. The van der Waals surface area contributed by atoms with Crippen LogP contribution in [-0.4, -0.2) is 26.5 Å². The summed E-state index contributed by atoms with van der Waals surface area (Å²) >= 11 is 0. The molecule has 0 saturated heterocycles. The fourth-order valence-corrected chi connectivity index (χ4v) is 1.25. The lowest BCUT2D eigenvalue weighted by Gasteiger charge is -2.07. The van der Waals surface area contributed by atoms with Crippen LogP contribution in [0.3, 0.4) is 0 Å². The van der Waals surface area contributed by atoms with Crippen LogP contribution in [-0.2, 0) is 6.54 Å². The fourth-order valence-electron chi connectivity index (χ4n) is 1.25. The highest BCUT2D eigenvalue weighted by atomic mass is 19.1. The van der Waals surface area contributed by atoms with Crippen molar-refractivity contribution in [2.45, 2.75) is 6.54 Å². The van der Waals surface area contributed by atoms with Crippen molar-refractivity contribution >= 4 is 11.6 Å². The zero-order valence-corrected chi connectivity index (χ0v) is 8.77. The molecule has 0 amide bonds. The van der Waals surface area contributed by atoms with Crippen LogP contribution in [0.15, 0.2) is 18.5 Å². The van der Waals surface area contributed by atoms with Crippen LogP contribution in [0, 0.1) is 11.6 Å². The van der Waals surface area contributed by atoms with E-state index in [0.29, 0.717) is 19.2 Å². The number of nitrogens with one attached hydrogen (secondary N) is 1. The van der Waals surface area contributed by atoms with E-state index in [4.69, 9.17) is 5.73 Å². The van der Waals surface area contributed by atoms with Crippen molar-refractivity contribution in [3.8, 4) is 0 Å². The molecule has 3 N–H and O–H groups in total. The number of nitrogens with two attached hydrogens (primary N) is 1. The third-order valence-electron chi connectivity index (χ3n) is 2.06. The summed E-state index contributed by atoms with van der Waals surface area (Å²) < 4.78 is 27.6. The Morgan fingerprint density at radius 1 is 1.35 bits per heavy atom. The predicted octanol–water partition coefficient (Wildman–Crippen LogP) is 0.646. The Bertz CT molecular complexity index is 498. The summed E-state index contributed by atoms with van der Waals surface area (Å²) in [6.45, 7) is 0.858. The van der Waals surface area contributed by atoms with Gasteiger partial charge in [-0.3, -0.25) is 4.68 Å². The summed E-state index contributed by atoms with van der Waals surface area (Å²) in [5, 5.41) is 10.0. The molecule has 0 saturated carbocycles. The summed E-state index contributed by atoms with van der Waals surface area (Å²) in [6.07, 6.45) is 3.21. The first-order valence-electron chi connectivity index (χ1n) is 4.86. The number of anilines is 2. The standard InChI is InChI=1S/C9H10F2N6/c10-6-5-7(11)9(15-8(6)12)13-1-3-17-4-2-14-16-17/h2,4-5H,1,3H2,(H3,12,13,15). The zero-order chi connectivity index (χ0) is 12.3. The lowest BCUT2D eigenvalue weighted by atomic mass is 10.4. The zero-order valence-electron chi connectivity index (χ0n) is 8.77. The van der Waals surface area contributed by atoms with Gasteiger partial charge < -0.3 is 11.1 Å². The van der Waals surface area contributed by atoms with Crippen LogP contribution >= 0.6 is 0 Å². The Morgan fingerprint density at radius 2 is 2.18 bits per heavy atom. The van der Waals surface area contributed by atoms with E-state index in [-0.39, 0.29) is 11.6 Å². The van der Waals surface area contributed by atoms with E-state index in [2.05, 4.69) is 20.6 Å². The molecule has 0 radical (unpaired) electrons. The topological polar surface area (TPSA) is 81.6 Å². The molecule has 0 aliphatic carbocycles. The molecular weight excluding hydrogens is 230 g/mol. The number of aromatic nitrogens is 4. The van der Waals surface area contributed by atoms with Gasteiger partial charge in [0.05, 0.1) is 12.7 Å². The monoisotopic (exact) mass is 240 g/mol. The van der Waals surface area contributed by atoms with Gasteiger partial charge in [-0.15, -0.1) is 5.10 Å². The molecule has 0 aliphatic rings. The largest absolute Gasteiger partial charge is 0.381 e. The Morgan fingerprint density at radius 3 is 2.88 bits per heavy atom. The van der Waals surface area contributed by atoms with Gasteiger partial charge in [0.2, 0.25) is 0 Å². The second kappa shape index (κ2) is 4.73. The van der Waals surface area contributed by atoms with Crippen molar-refractivity contribution in [2.24, 2.45) is 0 Å². The van der Waals surface area contributed by atoms with Gasteiger partial charge in [-0.25, -0.2) is 13.8 Å². The Hall–Kier alpha value is -2.25. The van der Waals surface area contributed by atoms with Crippen molar-refractivity contribution in [2.75, 3.05) is 17.6 Å². The molecule has 0 fully saturated rings. The minimum Gasteiger partial charge on any atom is -0.381 e. The Balaban J connectivity index is 1.97. The van der Waals surface area contributed by atoms with E-state index in [1.165, 1.54) is 6.20 Å². The first-order valence-corrected chi connectivity index (χ1v) is 4.86. The van der Waals surface area contributed by atoms with Crippen LogP contribution in [0.25, 0.3) is 0 Å². The number of rotatable bonds is 4. The lowest BCUT2D eigenvalue weighted by molar-refractivity contribution is 0.574. The normalized spacial score (nSPS) is 10.5. The first-order chi connectivity index (χ1) is 8.16. The average Bonchev–Trinajstić information content (AvgIpc) is 2.78. The summed E-state index contributed by atoms with van der Waals surface area (Å²) in [6, 6.07) is 0.695. The number of pyridine rings is 1. The minimum absolute atomic E-state index is 0.0796. The minimum atomic E-state index is -0.871. The van der Waals surface area contributed by atoms with E-state index < -0.39 is 11.6 Å². The van der Waals surface area contributed by atoms with Gasteiger partial charge in [0.15, 0.2) is 23.3 Å².